The average Bonchev–Trinajstić information content (AvgIpc) is 3.13. The van der Waals surface area contributed by atoms with Crippen LogP contribution >= 0.6 is 0 Å². The molecule has 0 spiro atoms. The Morgan fingerprint density at radius 1 is 1.27 bits per heavy atom. The quantitative estimate of drug-likeness (QED) is 0.709. The molecule has 0 saturated carbocycles. The fourth-order valence-electron chi connectivity index (χ4n) is 2.29. The van der Waals surface area contributed by atoms with Crippen molar-refractivity contribution in [3.8, 4) is 0 Å². The molecular formula is C14H13F3N4O4S. The van der Waals surface area contributed by atoms with Crippen molar-refractivity contribution < 1.29 is 26.0 Å². The number of nitrogens with one attached hydrogen (secondary N) is 1. The summed E-state index contributed by atoms with van der Waals surface area (Å²) in [6.45, 7) is -0.245. The number of halogens is 3. The third-order valence-corrected chi connectivity index (χ3v) is 5.10. The van der Waals surface area contributed by atoms with Crippen LogP contribution in [0, 0.1) is 0 Å². The van der Waals surface area contributed by atoms with Crippen molar-refractivity contribution in [3.63, 3.8) is 0 Å². The number of benzene rings is 1. The van der Waals surface area contributed by atoms with Crippen LogP contribution in [0.15, 0.2) is 44.6 Å². The third-order valence-electron chi connectivity index (χ3n) is 3.64. The molecule has 0 aliphatic heterocycles. The first kappa shape index (κ1) is 18.2. The number of hydrogen-bond donors (Lipinski definition) is 1. The highest BCUT2D eigenvalue weighted by Gasteiger charge is 2.33. The summed E-state index contributed by atoms with van der Waals surface area (Å²) in [5.74, 6) is -0.623. The van der Waals surface area contributed by atoms with Crippen LogP contribution in [0.5, 0.6) is 0 Å². The number of hydrogen-bond acceptors (Lipinski definition) is 5. The molecule has 2 heterocycles. The zero-order chi connectivity index (χ0) is 19.1. The zero-order valence-corrected chi connectivity index (χ0v) is 14.1. The van der Waals surface area contributed by atoms with Gasteiger partial charge in [0, 0.05) is 19.8 Å². The lowest BCUT2D eigenvalue weighted by molar-refractivity contribution is -0.141. The lowest BCUT2D eigenvalue weighted by Gasteiger charge is -2.07. The van der Waals surface area contributed by atoms with Crippen LogP contribution in [0.4, 0.5) is 13.2 Å². The number of sulfonamides is 1. The molecule has 8 nitrogen and oxygen atoms in total. The Balaban J connectivity index is 1.72. The molecular weight excluding hydrogens is 377 g/mol. The van der Waals surface area contributed by atoms with Crippen molar-refractivity contribution >= 4 is 21.1 Å². The van der Waals surface area contributed by atoms with Gasteiger partial charge in [0.15, 0.2) is 11.3 Å². The predicted molar refractivity (Wildman–Crippen MR) is 83.9 cm³/mol. The zero-order valence-electron chi connectivity index (χ0n) is 13.3. The van der Waals surface area contributed by atoms with Gasteiger partial charge in [-0.25, -0.2) is 17.9 Å². The molecule has 26 heavy (non-hydrogen) atoms. The summed E-state index contributed by atoms with van der Waals surface area (Å²) in [5.41, 5.74) is -0.501. The van der Waals surface area contributed by atoms with Gasteiger partial charge in [-0.1, -0.05) is 0 Å². The molecule has 0 amide bonds. The summed E-state index contributed by atoms with van der Waals surface area (Å²) in [6, 6.07) is 4.71. The Morgan fingerprint density at radius 3 is 2.65 bits per heavy atom. The van der Waals surface area contributed by atoms with E-state index >= 15 is 0 Å². The van der Waals surface area contributed by atoms with Gasteiger partial charge in [0.2, 0.25) is 10.0 Å². The first-order valence-corrected chi connectivity index (χ1v) is 8.76. The van der Waals surface area contributed by atoms with Crippen molar-refractivity contribution in [2.45, 2.75) is 17.6 Å². The van der Waals surface area contributed by atoms with E-state index in [1.165, 1.54) is 25.2 Å². The Bertz CT molecular complexity index is 1110. The molecule has 3 aromatic rings. The minimum absolute atomic E-state index is 0.0816. The molecule has 2 aromatic heterocycles. The fourth-order valence-corrected chi connectivity index (χ4v) is 3.33. The number of alkyl halides is 3. The van der Waals surface area contributed by atoms with E-state index in [0.29, 0.717) is 5.52 Å². The van der Waals surface area contributed by atoms with Crippen LogP contribution in [-0.2, 0) is 29.8 Å². The van der Waals surface area contributed by atoms with E-state index in [9.17, 15) is 26.4 Å². The van der Waals surface area contributed by atoms with E-state index in [-0.39, 0.29) is 23.6 Å². The summed E-state index contributed by atoms with van der Waals surface area (Å²) >= 11 is 0. The van der Waals surface area contributed by atoms with Gasteiger partial charge in [0.25, 0.3) is 0 Å². The fraction of sp³-hybridized carbons (Fsp3) is 0.286. The van der Waals surface area contributed by atoms with Gasteiger partial charge in [-0.3, -0.25) is 9.25 Å². The second-order valence-electron chi connectivity index (χ2n) is 5.42. The summed E-state index contributed by atoms with van der Waals surface area (Å²) in [4.78, 5) is 11.3. The first-order chi connectivity index (χ1) is 12.1. The van der Waals surface area contributed by atoms with Crippen LogP contribution in [0.1, 0.15) is 5.69 Å². The lowest BCUT2D eigenvalue weighted by atomic mass is 10.3. The van der Waals surface area contributed by atoms with Crippen molar-refractivity contribution in [1.82, 2.24) is 19.1 Å². The minimum Gasteiger partial charge on any atom is -0.408 e. The van der Waals surface area contributed by atoms with Crippen LogP contribution in [0.2, 0.25) is 0 Å². The molecule has 3 rings (SSSR count). The smallest absolute Gasteiger partial charge is 0.408 e. The van der Waals surface area contributed by atoms with Crippen LogP contribution in [-0.4, -0.2) is 29.3 Å². The normalized spacial score (nSPS) is 12.8. The van der Waals surface area contributed by atoms with Crippen molar-refractivity contribution in [2.24, 2.45) is 7.05 Å². The van der Waals surface area contributed by atoms with E-state index in [0.717, 1.165) is 21.5 Å². The van der Waals surface area contributed by atoms with E-state index in [4.69, 9.17) is 4.42 Å². The number of fused-ring (bicyclic) bond motifs is 1. The molecule has 1 aromatic carbocycles. The van der Waals surface area contributed by atoms with Gasteiger partial charge in [0.05, 0.1) is 17.0 Å². The Labute approximate surface area is 144 Å². The molecule has 0 unspecified atom stereocenters. The summed E-state index contributed by atoms with van der Waals surface area (Å²) in [7, 11) is -2.48. The molecule has 0 atom stereocenters. The number of nitrogens with zero attached hydrogens (tertiary/aromatic N) is 3. The van der Waals surface area contributed by atoms with E-state index in [1.807, 2.05) is 0 Å². The average molecular weight is 390 g/mol. The van der Waals surface area contributed by atoms with Crippen LogP contribution in [0.3, 0.4) is 0 Å². The number of aromatic nitrogens is 3. The molecule has 0 fully saturated rings. The van der Waals surface area contributed by atoms with E-state index in [2.05, 4.69) is 9.82 Å². The standard InChI is InChI=1S/C14H13F3N4O4S/c1-20-10-8-9(2-3-11(10)25-13(20)22)26(23,24)18-5-7-21-6-4-12(19-21)14(15,16)17/h2-4,6,8,18H,5,7H2,1H3. The second-order valence-corrected chi connectivity index (χ2v) is 7.18. The highest BCUT2D eigenvalue weighted by molar-refractivity contribution is 7.89. The summed E-state index contributed by atoms with van der Waals surface area (Å²) < 4.78 is 71.4. The molecule has 0 saturated heterocycles. The monoisotopic (exact) mass is 390 g/mol. The van der Waals surface area contributed by atoms with Crippen molar-refractivity contribution in [2.75, 3.05) is 6.54 Å². The van der Waals surface area contributed by atoms with Crippen molar-refractivity contribution in [1.29, 1.82) is 0 Å². The third kappa shape index (κ3) is 3.51. The Morgan fingerprint density at radius 2 is 2.00 bits per heavy atom. The predicted octanol–water partition coefficient (Wildman–Crippen LogP) is 1.33. The van der Waals surface area contributed by atoms with Crippen LogP contribution < -0.4 is 10.5 Å². The Hall–Kier alpha value is -2.60. The van der Waals surface area contributed by atoms with E-state index in [1.54, 1.807) is 0 Å². The molecule has 0 radical (unpaired) electrons. The summed E-state index contributed by atoms with van der Waals surface area (Å²) in [5, 5.41) is 3.34. The maximum Gasteiger partial charge on any atom is 0.435 e. The SMILES string of the molecule is Cn1c(=O)oc2ccc(S(=O)(=O)NCCn3ccc(C(F)(F)F)n3)cc21. The minimum atomic E-state index is -4.55. The Kier molecular flexibility index (Phi) is 4.40. The molecule has 0 aliphatic rings. The number of oxazole rings is 1. The molecule has 140 valence electrons. The molecule has 0 aliphatic carbocycles. The topological polar surface area (TPSA) is 99.1 Å². The molecule has 12 heteroatoms. The highest BCUT2D eigenvalue weighted by atomic mass is 32.2. The lowest BCUT2D eigenvalue weighted by Crippen LogP contribution is -2.27. The van der Waals surface area contributed by atoms with Gasteiger partial charge in [-0.05, 0) is 24.3 Å². The molecule has 0 bridgehead atoms. The largest absolute Gasteiger partial charge is 0.435 e. The number of aryl methyl sites for hydroxylation is 1. The van der Waals surface area contributed by atoms with Crippen molar-refractivity contribution in [3.05, 3.63) is 46.7 Å². The maximum atomic E-state index is 12.5. The summed E-state index contributed by atoms with van der Waals surface area (Å²) in [6.07, 6.45) is -3.44. The van der Waals surface area contributed by atoms with Gasteiger partial charge < -0.3 is 4.42 Å². The van der Waals surface area contributed by atoms with E-state index < -0.39 is 27.6 Å². The second kappa shape index (κ2) is 6.29. The van der Waals surface area contributed by atoms with Crippen LogP contribution in [0.25, 0.3) is 11.1 Å². The van der Waals surface area contributed by atoms with Gasteiger partial charge in [-0.15, -0.1) is 0 Å². The maximum absolute atomic E-state index is 12.5. The number of rotatable bonds is 5. The molecule has 1 N–H and O–H groups in total. The van der Waals surface area contributed by atoms with Gasteiger partial charge in [-0.2, -0.15) is 18.3 Å². The van der Waals surface area contributed by atoms with Gasteiger partial charge >= 0.3 is 11.9 Å². The van der Waals surface area contributed by atoms with Gasteiger partial charge in [0.1, 0.15) is 0 Å². The highest BCUT2D eigenvalue weighted by Crippen LogP contribution is 2.27. The first-order valence-electron chi connectivity index (χ1n) is 7.28.